The van der Waals surface area contributed by atoms with Crippen LogP contribution in [0.25, 0.3) is 0 Å². The maximum atomic E-state index is 5.80. The first-order valence-electron chi connectivity index (χ1n) is 5.34. The van der Waals surface area contributed by atoms with Gasteiger partial charge in [0.05, 0.1) is 17.3 Å². The van der Waals surface area contributed by atoms with E-state index < -0.39 is 0 Å². The van der Waals surface area contributed by atoms with Crippen LogP contribution in [0.2, 0.25) is 0 Å². The molecule has 0 radical (unpaired) electrons. The van der Waals surface area contributed by atoms with Gasteiger partial charge in [-0.05, 0) is 47.8 Å². The second-order valence-electron chi connectivity index (χ2n) is 4.25. The number of nitrogens with zero attached hydrogens (tertiary/aromatic N) is 1. The van der Waals surface area contributed by atoms with E-state index in [4.69, 9.17) is 10.2 Å². The van der Waals surface area contributed by atoms with Crippen molar-refractivity contribution in [2.24, 2.45) is 11.7 Å². The average molecular weight is 273 g/mol. The number of hydrogen-bond donors (Lipinski definition) is 1. The Bertz CT molecular complexity index is 322. The summed E-state index contributed by atoms with van der Waals surface area (Å²) in [5.41, 5.74) is 5.80. The van der Waals surface area contributed by atoms with Crippen LogP contribution < -0.4 is 5.73 Å². The molecule has 15 heavy (non-hydrogen) atoms. The normalized spacial score (nSPS) is 18.4. The van der Waals surface area contributed by atoms with Crippen molar-refractivity contribution in [1.82, 2.24) is 4.90 Å². The average Bonchev–Trinajstić information content (AvgIpc) is 2.95. The van der Waals surface area contributed by atoms with Crippen molar-refractivity contribution in [1.29, 1.82) is 0 Å². The highest BCUT2D eigenvalue weighted by atomic mass is 79.9. The summed E-state index contributed by atoms with van der Waals surface area (Å²) in [6.07, 6.45) is 4.36. The molecule has 1 saturated carbocycles. The third kappa shape index (κ3) is 2.62. The van der Waals surface area contributed by atoms with Gasteiger partial charge in [0, 0.05) is 12.6 Å². The maximum absolute atomic E-state index is 5.80. The predicted molar refractivity (Wildman–Crippen MR) is 63.4 cm³/mol. The standard InChI is InChI=1S/C11H17BrN2O/c1-14(10(6-13)8-2-3-8)7-11-9(12)4-5-15-11/h4-5,8,10H,2-3,6-7,13H2,1H3. The van der Waals surface area contributed by atoms with Gasteiger partial charge in [-0.15, -0.1) is 0 Å². The Morgan fingerprint density at radius 1 is 1.67 bits per heavy atom. The summed E-state index contributed by atoms with van der Waals surface area (Å²) in [6.45, 7) is 1.56. The Hall–Kier alpha value is -0.320. The molecule has 2 N–H and O–H groups in total. The molecule has 1 aliphatic rings. The van der Waals surface area contributed by atoms with Crippen LogP contribution in [0.15, 0.2) is 21.2 Å². The fourth-order valence-electron chi connectivity index (χ4n) is 1.99. The van der Waals surface area contributed by atoms with Gasteiger partial charge in [0.15, 0.2) is 0 Å². The van der Waals surface area contributed by atoms with Crippen LogP contribution >= 0.6 is 15.9 Å². The van der Waals surface area contributed by atoms with Crippen molar-refractivity contribution in [3.8, 4) is 0 Å². The number of furan rings is 1. The van der Waals surface area contributed by atoms with Gasteiger partial charge in [0.2, 0.25) is 0 Å². The van der Waals surface area contributed by atoms with Crippen molar-refractivity contribution in [2.45, 2.75) is 25.4 Å². The van der Waals surface area contributed by atoms with Gasteiger partial charge in [0.25, 0.3) is 0 Å². The fraction of sp³-hybridized carbons (Fsp3) is 0.636. The van der Waals surface area contributed by atoms with Crippen molar-refractivity contribution < 1.29 is 4.42 Å². The van der Waals surface area contributed by atoms with E-state index in [1.54, 1.807) is 6.26 Å². The molecule has 3 nitrogen and oxygen atoms in total. The van der Waals surface area contributed by atoms with E-state index in [-0.39, 0.29) is 0 Å². The highest BCUT2D eigenvalue weighted by Gasteiger charge is 2.33. The molecule has 1 heterocycles. The van der Waals surface area contributed by atoms with Crippen LogP contribution in [-0.4, -0.2) is 24.5 Å². The molecule has 0 aliphatic heterocycles. The number of hydrogen-bond acceptors (Lipinski definition) is 3. The lowest BCUT2D eigenvalue weighted by Gasteiger charge is -2.26. The summed E-state index contributed by atoms with van der Waals surface area (Å²) >= 11 is 3.47. The molecule has 1 aromatic rings. The van der Waals surface area contributed by atoms with Gasteiger partial charge < -0.3 is 10.2 Å². The lowest BCUT2D eigenvalue weighted by Crippen LogP contribution is -2.39. The molecule has 2 rings (SSSR count). The van der Waals surface area contributed by atoms with Crippen LogP contribution in [0.1, 0.15) is 18.6 Å². The first-order valence-corrected chi connectivity index (χ1v) is 6.14. The molecular formula is C11H17BrN2O. The van der Waals surface area contributed by atoms with Gasteiger partial charge in [-0.1, -0.05) is 0 Å². The predicted octanol–water partition coefficient (Wildman–Crippen LogP) is 2.21. The smallest absolute Gasteiger partial charge is 0.131 e. The second-order valence-corrected chi connectivity index (χ2v) is 5.10. The Balaban J connectivity index is 1.95. The summed E-state index contributed by atoms with van der Waals surface area (Å²) < 4.78 is 6.44. The third-order valence-electron chi connectivity index (χ3n) is 3.06. The van der Waals surface area contributed by atoms with Crippen LogP contribution in [0.3, 0.4) is 0 Å². The van der Waals surface area contributed by atoms with Crippen LogP contribution in [0, 0.1) is 5.92 Å². The topological polar surface area (TPSA) is 42.4 Å². The van der Waals surface area contributed by atoms with E-state index in [2.05, 4.69) is 27.9 Å². The molecule has 1 aliphatic carbocycles. The van der Waals surface area contributed by atoms with Gasteiger partial charge in [-0.25, -0.2) is 0 Å². The molecule has 1 unspecified atom stereocenters. The van der Waals surface area contributed by atoms with Gasteiger partial charge in [0.1, 0.15) is 5.76 Å². The molecule has 0 saturated heterocycles. The summed E-state index contributed by atoms with van der Waals surface area (Å²) in [5, 5.41) is 0. The highest BCUT2D eigenvalue weighted by molar-refractivity contribution is 9.10. The molecular weight excluding hydrogens is 256 g/mol. The number of halogens is 1. The lowest BCUT2D eigenvalue weighted by molar-refractivity contribution is 0.200. The second kappa shape index (κ2) is 4.68. The first-order chi connectivity index (χ1) is 7.22. The zero-order valence-electron chi connectivity index (χ0n) is 8.95. The Morgan fingerprint density at radius 2 is 2.40 bits per heavy atom. The van der Waals surface area contributed by atoms with Crippen molar-refractivity contribution in [3.63, 3.8) is 0 Å². The molecule has 1 fully saturated rings. The molecule has 0 aromatic carbocycles. The largest absolute Gasteiger partial charge is 0.467 e. The monoisotopic (exact) mass is 272 g/mol. The first kappa shape index (κ1) is 11.2. The molecule has 84 valence electrons. The Labute approximate surface area is 98.7 Å². The number of likely N-dealkylation sites (N-methyl/N-ethyl adjacent to an activating group) is 1. The van der Waals surface area contributed by atoms with Gasteiger partial charge in [-0.2, -0.15) is 0 Å². The van der Waals surface area contributed by atoms with Gasteiger partial charge in [-0.3, -0.25) is 4.90 Å². The van der Waals surface area contributed by atoms with E-state index in [0.717, 1.165) is 29.2 Å². The molecule has 1 atom stereocenters. The minimum atomic E-state index is 0.502. The van der Waals surface area contributed by atoms with Gasteiger partial charge >= 0.3 is 0 Å². The molecule has 4 heteroatoms. The molecule has 1 aromatic heterocycles. The van der Waals surface area contributed by atoms with E-state index >= 15 is 0 Å². The Morgan fingerprint density at radius 3 is 2.87 bits per heavy atom. The zero-order valence-corrected chi connectivity index (χ0v) is 10.5. The minimum Gasteiger partial charge on any atom is -0.467 e. The molecule has 0 bridgehead atoms. The van der Waals surface area contributed by atoms with E-state index in [1.165, 1.54) is 12.8 Å². The van der Waals surface area contributed by atoms with E-state index in [0.29, 0.717) is 6.04 Å². The number of nitrogens with two attached hydrogens (primary N) is 1. The fourth-order valence-corrected chi connectivity index (χ4v) is 2.32. The summed E-state index contributed by atoms with van der Waals surface area (Å²) in [6, 6.07) is 2.43. The summed E-state index contributed by atoms with van der Waals surface area (Å²) in [4.78, 5) is 2.29. The van der Waals surface area contributed by atoms with Crippen LogP contribution in [0.4, 0.5) is 0 Å². The third-order valence-corrected chi connectivity index (χ3v) is 3.76. The quantitative estimate of drug-likeness (QED) is 0.894. The van der Waals surface area contributed by atoms with Crippen molar-refractivity contribution in [3.05, 3.63) is 22.6 Å². The van der Waals surface area contributed by atoms with Crippen molar-refractivity contribution >= 4 is 15.9 Å². The Kier molecular flexibility index (Phi) is 3.49. The van der Waals surface area contributed by atoms with E-state index in [9.17, 15) is 0 Å². The van der Waals surface area contributed by atoms with Crippen molar-refractivity contribution in [2.75, 3.05) is 13.6 Å². The molecule has 0 spiro atoms. The van der Waals surface area contributed by atoms with Crippen LogP contribution in [-0.2, 0) is 6.54 Å². The summed E-state index contributed by atoms with van der Waals surface area (Å²) in [7, 11) is 2.12. The summed E-state index contributed by atoms with van der Waals surface area (Å²) in [5.74, 6) is 1.78. The minimum absolute atomic E-state index is 0.502. The molecule has 0 amide bonds. The highest BCUT2D eigenvalue weighted by Crippen LogP contribution is 2.35. The zero-order chi connectivity index (χ0) is 10.8. The number of rotatable bonds is 5. The lowest BCUT2D eigenvalue weighted by atomic mass is 10.1. The SMILES string of the molecule is CN(Cc1occc1Br)C(CN)C1CC1. The van der Waals surface area contributed by atoms with E-state index in [1.807, 2.05) is 6.07 Å². The maximum Gasteiger partial charge on any atom is 0.131 e. The van der Waals surface area contributed by atoms with Crippen LogP contribution in [0.5, 0.6) is 0 Å².